The summed E-state index contributed by atoms with van der Waals surface area (Å²) in [6.07, 6.45) is 1.88. The van der Waals surface area contributed by atoms with Crippen molar-refractivity contribution in [1.29, 1.82) is 0 Å². The van der Waals surface area contributed by atoms with E-state index in [-0.39, 0.29) is 43.6 Å². The molecule has 0 bridgehead atoms. The number of amides is 6. The molecule has 6 N–H and O–H groups in total. The Hall–Kier alpha value is -5.33. The number of alkyl carbamates (subject to hydrolysis) is 1. The van der Waals surface area contributed by atoms with Gasteiger partial charge in [0.2, 0.25) is 29.5 Å². The number of rotatable bonds is 26. The van der Waals surface area contributed by atoms with Crippen LogP contribution in [0, 0.1) is 17.8 Å². The van der Waals surface area contributed by atoms with Crippen LogP contribution in [-0.4, -0.2) is 130 Å². The van der Waals surface area contributed by atoms with E-state index in [0.717, 1.165) is 11.1 Å². The number of carbonyl (C=O) groups excluding carboxylic acids is 7. The van der Waals surface area contributed by atoms with E-state index in [1.807, 2.05) is 67.5 Å². The molecule has 0 aromatic heterocycles. The van der Waals surface area contributed by atoms with Crippen LogP contribution in [0.5, 0.6) is 0 Å². The molecule has 368 valence electrons. The van der Waals surface area contributed by atoms with Crippen LogP contribution in [0.2, 0.25) is 0 Å². The molecule has 1 spiro atoms. The number of benzene rings is 1. The first-order chi connectivity index (χ1) is 31.2. The molecule has 1 saturated carbocycles. The van der Waals surface area contributed by atoms with Crippen molar-refractivity contribution in [2.75, 3.05) is 47.1 Å². The van der Waals surface area contributed by atoms with Gasteiger partial charge in [-0.15, -0.1) is 0 Å². The van der Waals surface area contributed by atoms with Gasteiger partial charge in [0.15, 0.2) is 0 Å². The molecule has 1 heterocycles. The summed E-state index contributed by atoms with van der Waals surface area (Å²) in [5, 5.41) is 15.7. The van der Waals surface area contributed by atoms with Gasteiger partial charge in [-0.25, -0.2) is 9.59 Å². The Balaban J connectivity index is 1.58. The highest BCUT2D eigenvalue weighted by Crippen LogP contribution is 2.52. The molecule has 8 atom stereocenters. The van der Waals surface area contributed by atoms with Crippen LogP contribution in [0.4, 0.5) is 4.79 Å². The zero-order valence-corrected chi connectivity index (χ0v) is 40.5. The van der Waals surface area contributed by atoms with Gasteiger partial charge in [0.1, 0.15) is 30.3 Å². The van der Waals surface area contributed by atoms with E-state index >= 15 is 0 Å². The van der Waals surface area contributed by atoms with E-state index < -0.39 is 96.2 Å². The molecule has 4 unspecified atom stereocenters. The topological polar surface area (TPSA) is 241 Å². The summed E-state index contributed by atoms with van der Waals surface area (Å²) in [4.78, 5) is 91.7. The predicted molar refractivity (Wildman–Crippen MR) is 247 cm³/mol. The Labute approximate surface area is 389 Å². The van der Waals surface area contributed by atoms with Crippen LogP contribution in [0.15, 0.2) is 54.1 Å². The molecule has 1 aliphatic carbocycles. The van der Waals surface area contributed by atoms with Gasteiger partial charge >= 0.3 is 12.1 Å². The second kappa shape index (κ2) is 26.1. The zero-order chi connectivity index (χ0) is 49.2. The first-order valence-corrected chi connectivity index (χ1v) is 22.8. The molecule has 2 fully saturated rings. The molecule has 1 saturated heterocycles. The van der Waals surface area contributed by atoms with Crippen molar-refractivity contribution in [2.45, 2.75) is 135 Å². The van der Waals surface area contributed by atoms with Gasteiger partial charge in [0.05, 0.1) is 44.6 Å². The third-order valence-electron chi connectivity index (χ3n) is 12.0. The molecule has 66 heavy (non-hydrogen) atoms. The minimum Gasteiger partial charge on any atom is -0.467 e. The highest BCUT2D eigenvalue weighted by atomic mass is 16.6. The van der Waals surface area contributed by atoms with Crippen molar-refractivity contribution in [3.63, 3.8) is 0 Å². The quantitative estimate of drug-likeness (QED) is 0.0340. The van der Waals surface area contributed by atoms with Crippen molar-refractivity contribution in [1.82, 2.24) is 31.9 Å². The monoisotopic (exact) mass is 927 g/mol. The summed E-state index contributed by atoms with van der Waals surface area (Å²) in [6.45, 7) is 19.2. The van der Waals surface area contributed by atoms with Gasteiger partial charge in [-0.3, -0.25) is 24.0 Å². The van der Waals surface area contributed by atoms with E-state index in [0.29, 0.717) is 38.0 Å². The average Bonchev–Trinajstić information content (AvgIpc) is 4.04. The highest BCUT2D eigenvalue weighted by Gasteiger charge is 2.64. The van der Waals surface area contributed by atoms with E-state index in [4.69, 9.17) is 23.7 Å². The summed E-state index contributed by atoms with van der Waals surface area (Å²) in [5.41, 5.74) is 1.04. The van der Waals surface area contributed by atoms with Gasteiger partial charge < -0.3 is 55.6 Å². The lowest BCUT2D eigenvalue weighted by molar-refractivity contribution is -0.172. The third kappa shape index (κ3) is 17.1. The van der Waals surface area contributed by atoms with E-state index in [1.165, 1.54) is 7.11 Å². The molecular formula is C48H74N6O12. The summed E-state index contributed by atoms with van der Waals surface area (Å²) in [6, 6.07) is 5.63. The molecule has 1 aromatic carbocycles. The minimum atomic E-state index is -1.19. The highest BCUT2D eigenvalue weighted by molar-refractivity contribution is 5.97. The molecule has 2 aliphatic rings. The van der Waals surface area contributed by atoms with E-state index in [2.05, 4.69) is 38.5 Å². The maximum Gasteiger partial charge on any atom is 0.408 e. The Morgan fingerprint density at radius 3 is 2.15 bits per heavy atom. The Morgan fingerprint density at radius 1 is 0.894 bits per heavy atom. The van der Waals surface area contributed by atoms with Gasteiger partial charge in [-0.2, -0.15) is 0 Å². The molecule has 3 rings (SSSR count). The fraction of sp³-hybridized carbons (Fsp3) is 0.646. The molecule has 1 aromatic rings. The van der Waals surface area contributed by atoms with Crippen LogP contribution in [-0.2, 0) is 58.9 Å². The van der Waals surface area contributed by atoms with E-state index in [9.17, 15) is 33.6 Å². The lowest BCUT2D eigenvalue weighted by Crippen LogP contribution is -2.59. The second-order valence-corrected chi connectivity index (χ2v) is 18.3. The maximum atomic E-state index is 13.8. The van der Waals surface area contributed by atoms with E-state index in [1.54, 1.807) is 31.4 Å². The smallest absolute Gasteiger partial charge is 0.408 e. The summed E-state index contributed by atoms with van der Waals surface area (Å²) < 4.78 is 29.0. The van der Waals surface area contributed by atoms with Crippen LogP contribution >= 0.6 is 0 Å². The van der Waals surface area contributed by atoms with Crippen LogP contribution in [0.3, 0.4) is 0 Å². The number of ether oxygens (including phenoxy) is 5. The number of methoxy groups -OCH3 is 2. The fourth-order valence-electron chi connectivity index (χ4n) is 8.03. The number of hydrogen-bond donors (Lipinski definition) is 6. The number of nitrogens with one attached hydrogen (secondary N) is 6. The van der Waals surface area contributed by atoms with Crippen molar-refractivity contribution in [2.24, 2.45) is 17.8 Å². The van der Waals surface area contributed by atoms with Crippen LogP contribution < -0.4 is 31.9 Å². The van der Waals surface area contributed by atoms with Crippen LogP contribution in [0.1, 0.15) is 93.1 Å². The molecule has 1 aliphatic heterocycles. The average molecular weight is 927 g/mol. The lowest BCUT2D eigenvalue weighted by Gasteiger charge is -2.47. The number of esters is 1. The zero-order valence-electron chi connectivity index (χ0n) is 40.5. The van der Waals surface area contributed by atoms with Gasteiger partial charge in [-0.1, -0.05) is 76.3 Å². The normalized spacial score (nSPS) is 20.6. The molecular weight excluding hydrogens is 853 g/mol. The Morgan fingerprint density at radius 2 is 1.56 bits per heavy atom. The third-order valence-corrected chi connectivity index (χ3v) is 12.0. The van der Waals surface area contributed by atoms with Crippen molar-refractivity contribution >= 4 is 41.6 Å². The molecule has 6 amide bonds. The SMILES string of the molecule is C=C(C(=O)NCC(=O)N[C@@H](Cc1ccccc1)C(=O)N[C@@H](CC(C)C)C(=O)NCC(=O)NCC[C@@H](NC(=O)OC1CC[C@]2(CO2)C(C(C)(C)OCC=C(C)C)C1OC)C(=O)OC)C(C)CC. The number of epoxide rings is 1. The largest absolute Gasteiger partial charge is 0.467 e. The van der Waals surface area contributed by atoms with Crippen molar-refractivity contribution < 1.29 is 57.2 Å². The Kier molecular flexibility index (Phi) is 21.8. The van der Waals surface area contributed by atoms with Crippen molar-refractivity contribution in [3.8, 4) is 0 Å². The lowest BCUT2D eigenvalue weighted by atomic mass is 9.68. The minimum absolute atomic E-state index is 0.0532. The predicted octanol–water partition coefficient (Wildman–Crippen LogP) is 3.18. The maximum absolute atomic E-state index is 13.8. The summed E-state index contributed by atoms with van der Waals surface area (Å²) in [7, 11) is 2.72. The standard InChI is InChI=1S/C48H74N6O12/c1-12-31(6)32(7)42(57)50-27-39(56)52-36(25-33-16-14-13-15-17-33)44(59)53-35(24-30(4)5)43(58)51-26-38(55)49-22-19-34(45(60)63-11)54-46(61)66-37-18-21-48(28-65-48)41(40(37)62-10)47(8,9)64-23-20-29(2)3/h13-17,20,30-31,34-37,40-41H,7,12,18-19,21-28H2,1-6,8-11H3,(H,49,55)(H,50,57)(H,51,58)(H,52,56)(H,53,59)(H,54,61)/t31?,34-,35+,36+,37?,40?,41?,48+/m1/s1. The van der Waals surface area contributed by atoms with Crippen molar-refractivity contribution in [3.05, 3.63) is 59.7 Å². The number of carbonyl (C=O) groups is 7. The summed E-state index contributed by atoms with van der Waals surface area (Å²) in [5.74, 6) is -4.10. The number of hydrogen-bond acceptors (Lipinski definition) is 12. The first-order valence-electron chi connectivity index (χ1n) is 22.8. The second-order valence-electron chi connectivity index (χ2n) is 18.3. The summed E-state index contributed by atoms with van der Waals surface area (Å²) >= 11 is 0. The number of allylic oxidation sites excluding steroid dienone is 1. The first kappa shape index (κ1) is 55.0. The van der Waals surface area contributed by atoms with Gasteiger partial charge in [-0.05, 0) is 77.2 Å². The van der Waals surface area contributed by atoms with Gasteiger partial charge in [0, 0.05) is 31.6 Å². The molecule has 18 heteroatoms. The molecule has 18 nitrogen and oxygen atoms in total. The fourth-order valence-corrected chi connectivity index (χ4v) is 8.03. The van der Waals surface area contributed by atoms with Gasteiger partial charge in [0.25, 0.3) is 0 Å². The Bertz CT molecular complexity index is 1860. The van der Waals surface area contributed by atoms with Crippen LogP contribution in [0.25, 0.3) is 0 Å². The molecule has 0 radical (unpaired) electrons.